The number of amides is 2. The predicted octanol–water partition coefficient (Wildman–Crippen LogP) is 2.18. The summed E-state index contributed by atoms with van der Waals surface area (Å²) in [7, 11) is -3.72. The minimum atomic E-state index is -3.72. The van der Waals surface area contributed by atoms with Crippen LogP contribution < -0.4 is 16.0 Å². The minimum Gasteiger partial charge on any atom is -0.371 e. The summed E-state index contributed by atoms with van der Waals surface area (Å²) in [4.78, 5) is 26.6. The number of sulfonamides is 1. The summed E-state index contributed by atoms with van der Waals surface area (Å²) in [5.74, 6) is -0.624. The number of primary amides is 1. The minimum absolute atomic E-state index is 0.0636. The molecule has 4 rings (SSSR count). The average Bonchev–Trinajstić information content (AvgIpc) is 3.31. The van der Waals surface area contributed by atoms with Crippen molar-refractivity contribution in [3.8, 4) is 0 Å². The number of carbonyl (C=O) groups is 2. The Labute approximate surface area is 188 Å². The zero-order valence-electron chi connectivity index (χ0n) is 17.8. The van der Waals surface area contributed by atoms with Crippen molar-refractivity contribution >= 4 is 33.2 Å². The molecule has 1 unspecified atom stereocenters. The SMILES string of the molecule is NC(=O)C1CCN(c2ccc(NC(=O)C3CCCN3S(=O)(=O)c3ccccc3)cc2)CC1. The third-order valence-corrected chi connectivity index (χ3v) is 8.18. The number of hydrogen-bond donors (Lipinski definition) is 2. The van der Waals surface area contributed by atoms with E-state index in [1.54, 1.807) is 30.3 Å². The van der Waals surface area contributed by atoms with E-state index in [0.717, 1.165) is 31.6 Å². The van der Waals surface area contributed by atoms with E-state index in [0.29, 0.717) is 25.1 Å². The monoisotopic (exact) mass is 456 g/mol. The number of nitrogens with one attached hydrogen (secondary N) is 1. The van der Waals surface area contributed by atoms with Crippen LogP contribution in [-0.4, -0.2) is 50.2 Å². The molecule has 2 aromatic carbocycles. The Morgan fingerprint density at radius 3 is 2.19 bits per heavy atom. The third-order valence-electron chi connectivity index (χ3n) is 6.25. The highest BCUT2D eigenvalue weighted by Gasteiger charge is 2.39. The highest BCUT2D eigenvalue weighted by molar-refractivity contribution is 7.89. The van der Waals surface area contributed by atoms with Crippen LogP contribution in [0.25, 0.3) is 0 Å². The molecule has 2 saturated heterocycles. The van der Waals surface area contributed by atoms with Gasteiger partial charge in [-0.1, -0.05) is 18.2 Å². The summed E-state index contributed by atoms with van der Waals surface area (Å²) in [5, 5.41) is 2.86. The number of rotatable bonds is 6. The van der Waals surface area contributed by atoms with Gasteiger partial charge in [0.25, 0.3) is 0 Å². The summed E-state index contributed by atoms with van der Waals surface area (Å²) in [6.07, 6.45) is 2.61. The summed E-state index contributed by atoms with van der Waals surface area (Å²) in [6, 6.07) is 15.0. The maximum atomic E-state index is 13.0. The molecule has 2 fully saturated rings. The second-order valence-electron chi connectivity index (χ2n) is 8.29. The maximum absolute atomic E-state index is 13.0. The molecule has 3 N–H and O–H groups in total. The van der Waals surface area contributed by atoms with Crippen LogP contribution in [0.4, 0.5) is 11.4 Å². The summed E-state index contributed by atoms with van der Waals surface area (Å²) >= 11 is 0. The van der Waals surface area contributed by atoms with E-state index in [9.17, 15) is 18.0 Å². The zero-order valence-corrected chi connectivity index (χ0v) is 18.6. The second-order valence-corrected chi connectivity index (χ2v) is 10.2. The van der Waals surface area contributed by atoms with E-state index in [1.165, 1.54) is 4.31 Å². The Morgan fingerprint density at radius 1 is 0.906 bits per heavy atom. The molecule has 2 heterocycles. The van der Waals surface area contributed by atoms with Crippen molar-refractivity contribution in [3.63, 3.8) is 0 Å². The van der Waals surface area contributed by atoms with Crippen molar-refractivity contribution in [3.05, 3.63) is 54.6 Å². The molecule has 0 bridgehead atoms. The molecule has 32 heavy (non-hydrogen) atoms. The van der Waals surface area contributed by atoms with Crippen molar-refractivity contribution in [1.29, 1.82) is 0 Å². The van der Waals surface area contributed by atoms with Crippen LogP contribution in [0.15, 0.2) is 59.5 Å². The third kappa shape index (κ3) is 4.63. The van der Waals surface area contributed by atoms with Crippen molar-refractivity contribution in [2.45, 2.75) is 36.6 Å². The molecule has 0 saturated carbocycles. The number of carbonyl (C=O) groups excluding carboxylic acids is 2. The topological polar surface area (TPSA) is 113 Å². The van der Waals surface area contributed by atoms with Gasteiger partial charge in [-0.2, -0.15) is 4.31 Å². The first kappa shape index (κ1) is 22.3. The lowest BCUT2D eigenvalue weighted by Crippen LogP contribution is -2.43. The molecule has 2 aliphatic rings. The predicted molar refractivity (Wildman–Crippen MR) is 123 cm³/mol. The Kier molecular flexibility index (Phi) is 6.48. The van der Waals surface area contributed by atoms with Gasteiger partial charge >= 0.3 is 0 Å². The van der Waals surface area contributed by atoms with Crippen LogP contribution in [0.2, 0.25) is 0 Å². The second kappa shape index (κ2) is 9.30. The fourth-order valence-corrected chi connectivity index (χ4v) is 6.10. The highest BCUT2D eigenvalue weighted by atomic mass is 32.2. The number of anilines is 2. The Hall–Kier alpha value is -2.91. The molecule has 170 valence electrons. The first-order chi connectivity index (χ1) is 15.4. The van der Waals surface area contributed by atoms with E-state index in [4.69, 9.17) is 5.73 Å². The van der Waals surface area contributed by atoms with Crippen LogP contribution >= 0.6 is 0 Å². The van der Waals surface area contributed by atoms with Gasteiger partial charge in [-0.05, 0) is 62.1 Å². The van der Waals surface area contributed by atoms with Crippen LogP contribution in [0.1, 0.15) is 25.7 Å². The lowest BCUT2D eigenvalue weighted by atomic mass is 9.96. The molecule has 1 atom stereocenters. The average molecular weight is 457 g/mol. The molecule has 2 amide bonds. The van der Waals surface area contributed by atoms with Crippen molar-refractivity contribution < 1.29 is 18.0 Å². The van der Waals surface area contributed by atoms with E-state index < -0.39 is 16.1 Å². The van der Waals surface area contributed by atoms with Gasteiger partial charge in [0.15, 0.2) is 0 Å². The number of hydrogen-bond acceptors (Lipinski definition) is 5. The zero-order chi connectivity index (χ0) is 22.7. The fraction of sp³-hybridized carbons (Fsp3) is 0.391. The molecule has 0 spiro atoms. The normalized spacial score (nSPS) is 20.2. The lowest BCUT2D eigenvalue weighted by molar-refractivity contribution is -0.122. The van der Waals surface area contributed by atoms with Gasteiger partial charge in [-0.15, -0.1) is 0 Å². The van der Waals surface area contributed by atoms with E-state index in [-0.39, 0.29) is 22.6 Å². The van der Waals surface area contributed by atoms with Gasteiger partial charge in [0.05, 0.1) is 4.90 Å². The van der Waals surface area contributed by atoms with Gasteiger partial charge < -0.3 is 16.0 Å². The summed E-state index contributed by atoms with van der Waals surface area (Å²) < 4.78 is 27.3. The molecule has 0 aromatic heterocycles. The van der Waals surface area contributed by atoms with Crippen LogP contribution in [0.5, 0.6) is 0 Å². The lowest BCUT2D eigenvalue weighted by Gasteiger charge is -2.32. The first-order valence-corrected chi connectivity index (χ1v) is 12.3. The van der Waals surface area contributed by atoms with Gasteiger partial charge in [0, 0.05) is 36.9 Å². The Morgan fingerprint density at radius 2 is 1.56 bits per heavy atom. The number of piperidine rings is 1. The quantitative estimate of drug-likeness (QED) is 0.692. The van der Waals surface area contributed by atoms with E-state index in [2.05, 4.69) is 10.2 Å². The van der Waals surface area contributed by atoms with Crippen molar-refractivity contribution in [2.75, 3.05) is 29.9 Å². The number of nitrogens with zero attached hydrogens (tertiary/aromatic N) is 2. The van der Waals surface area contributed by atoms with Gasteiger partial charge in [0.2, 0.25) is 21.8 Å². The molecule has 2 aromatic rings. The van der Waals surface area contributed by atoms with Gasteiger partial charge in [-0.3, -0.25) is 9.59 Å². The molecule has 9 heteroatoms. The highest BCUT2D eigenvalue weighted by Crippen LogP contribution is 2.28. The van der Waals surface area contributed by atoms with Crippen molar-refractivity contribution in [2.24, 2.45) is 11.7 Å². The molecule has 2 aliphatic heterocycles. The van der Waals surface area contributed by atoms with Crippen LogP contribution in [0, 0.1) is 5.92 Å². The summed E-state index contributed by atoms with van der Waals surface area (Å²) in [6.45, 7) is 1.84. The molecule has 0 radical (unpaired) electrons. The van der Waals surface area contributed by atoms with Crippen molar-refractivity contribution in [1.82, 2.24) is 4.31 Å². The van der Waals surface area contributed by atoms with Crippen LogP contribution in [-0.2, 0) is 19.6 Å². The first-order valence-electron chi connectivity index (χ1n) is 10.9. The number of nitrogens with two attached hydrogens (primary N) is 1. The largest absolute Gasteiger partial charge is 0.371 e. The van der Waals surface area contributed by atoms with E-state index in [1.807, 2.05) is 24.3 Å². The van der Waals surface area contributed by atoms with Gasteiger partial charge in [0.1, 0.15) is 6.04 Å². The van der Waals surface area contributed by atoms with Crippen LogP contribution in [0.3, 0.4) is 0 Å². The smallest absolute Gasteiger partial charge is 0.243 e. The Bertz CT molecular complexity index is 1060. The molecule has 8 nitrogen and oxygen atoms in total. The fourth-order valence-electron chi connectivity index (χ4n) is 4.42. The molecule has 0 aliphatic carbocycles. The maximum Gasteiger partial charge on any atom is 0.243 e. The Balaban J connectivity index is 1.40. The van der Waals surface area contributed by atoms with E-state index >= 15 is 0 Å². The standard InChI is InChI=1S/C23H28N4O4S/c24-22(28)17-12-15-26(16-13-17)19-10-8-18(9-11-19)25-23(29)21-7-4-14-27(21)32(30,31)20-5-2-1-3-6-20/h1-3,5-6,8-11,17,21H,4,7,12-16H2,(H2,24,28)(H,25,29). The summed E-state index contributed by atoms with van der Waals surface area (Å²) in [5.41, 5.74) is 7.03. The molecular weight excluding hydrogens is 428 g/mol. The molecular formula is C23H28N4O4S. The van der Waals surface area contributed by atoms with Gasteiger partial charge in [-0.25, -0.2) is 8.42 Å². The number of benzene rings is 2.